The van der Waals surface area contributed by atoms with Crippen molar-refractivity contribution in [3.05, 3.63) is 16.7 Å². The second-order valence-electron chi connectivity index (χ2n) is 2.23. The predicted octanol–water partition coefficient (Wildman–Crippen LogP) is -0.435. The highest BCUT2D eigenvalue weighted by Crippen LogP contribution is 2.57. The Morgan fingerprint density at radius 1 is 1.50 bits per heavy atom. The lowest BCUT2D eigenvalue weighted by Crippen LogP contribution is -2.27. The quantitative estimate of drug-likeness (QED) is 0.513. The zero-order valence-corrected chi connectivity index (χ0v) is 6.35. The van der Waals surface area contributed by atoms with Crippen LogP contribution in [-0.4, -0.2) is 9.71 Å². The van der Waals surface area contributed by atoms with Gasteiger partial charge < -0.3 is 9.05 Å². The summed E-state index contributed by atoms with van der Waals surface area (Å²) in [4.78, 5) is 14.3. The highest BCUT2D eigenvalue weighted by atomic mass is 31.2. The van der Waals surface area contributed by atoms with Gasteiger partial charge in [-0.1, -0.05) is 0 Å². The van der Waals surface area contributed by atoms with E-state index in [1.165, 1.54) is 6.20 Å². The Morgan fingerprint density at radius 2 is 2.33 bits per heavy atom. The molecular formula is C4HN2O5P. The molecule has 12 heavy (non-hydrogen) atoms. The molecule has 8 heteroatoms. The zero-order chi connectivity index (χ0) is 8.34. The maximum absolute atomic E-state index is 11.3. The molecule has 1 aromatic heterocycles. The Bertz CT molecular complexity index is 479. The fourth-order valence-electron chi connectivity index (χ4n) is 0.981. The molecule has 0 amide bonds. The van der Waals surface area contributed by atoms with Gasteiger partial charge in [0.15, 0.2) is 0 Å². The van der Waals surface area contributed by atoms with E-state index in [4.69, 9.17) is 4.52 Å². The molecule has 0 fully saturated rings. The van der Waals surface area contributed by atoms with Crippen LogP contribution in [0.2, 0.25) is 0 Å². The molecule has 0 N–H and O–H groups in total. The number of phosphoric acid groups is 1. The summed E-state index contributed by atoms with van der Waals surface area (Å²) in [6.07, 6.45) is 1.23. The highest BCUT2D eigenvalue weighted by molar-refractivity contribution is 7.50. The number of phosphoric ester groups is 1. The Morgan fingerprint density at radius 3 is 3.17 bits per heavy atom. The molecule has 1 atom stereocenters. The van der Waals surface area contributed by atoms with Crippen molar-refractivity contribution < 1.29 is 18.2 Å². The molecule has 0 aromatic carbocycles. The summed E-state index contributed by atoms with van der Waals surface area (Å²) in [6.45, 7) is 0. The number of hydrogen-bond donors (Lipinski definition) is 0. The smallest absolute Gasteiger partial charge is 0.377 e. The molecule has 0 saturated heterocycles. The summed E-state index contributed by atoms with van der Waals surface area (Å²) >= 11 is 0. The molecule has 2 aliphatic heterocycles. The molecule has 3 bridgehead atoms. The zero-order valence-electron chi connectivity index (χ0n) is 5.46. The van der Waals surface area contributed by atoms with Gasteiger partial charge in [0.2, 0.25) is 5.75 Å². The lowest BCUT2D eigenvalue weighted by atomic mass is 10.6. The fourth-order valence-corrected chi connectivity index (χ4v) is 2.13. The largest absolute Gasteiger partial charge is 0.668 e. The van der Waals surface area contributed by atoms with Crippen molar-refractivity contribution in [2.45, 2.75) is 0 Å². The van der Waals surface area contributed by atoms with E-state index in [1.54, 1.807) is 0 Å². The van der Waals surface area contributed by atoms with E-state index in [0.29, 0.717) is 0 Å². The lowest BCUT2D eigenvalue weighted by Gasteiger charge is -2.11. The van der Waals surface area contributed by atoms with Crippen LogP contribution in [0.25, 0.3) is 0 Å². The lowest BCUT2D eigenvalue weighted by molar-refractivity contribution is 0.185. The van der Waals surface area contributed by atoms with Crippen molar-refractivity contribution in [1.29, 1.82) is 0 Å². The summed E-state index contributed by atoms with van der Waals surface area (Å²) in [5.41, 5.74) is -0.672. The Balaban J connectivity index is 2.48. The van der Waals surface area contributed by atoms with Gasteiger partial charge in [0, 0.05) is 0 Å². The number of fused-ring (bicyclic) bond motifs is 2. The van der Waals surface area contributed by atoms with Crippen molar-refractivity contribution in [3.63, 3.8) is 0 Å². The first-order chi connectivity index (χ1) is 5.66. The summed E-state index contributed by atoms with van der Waals surface area (Å²) in [7, 11) is -3.60. The van der Waals surface area contributed by atoms with Gasteiger partial charge in [0.05, 0.1) is 6.20 Å². The van der Waals surface area contributed by atoms with E-state index in [2.05, 4.69) is 14.1 Å². The van der Waals surface area contributed by atoms with Crippen molar-refractivity contribution in [3.8, 4) is 11.6 Å². The molecular weight excluding hydrogens is 187 g/mol. The minimum atomic E-state index is -3.60. The maximum atomic E-state index is 11.3. The van der Waals surface area contributed by atoms with Crippen LogP contribution in [0, 0.1) is 0 Å². The Labute approximate surface area is 65.1 Å². The molecule has 0 aliphatic carbocycles. The summed E-state index contributed by atoms with van der Waals surface area (Å²) in [5.74, 6) is 0.0984. The molecule has 1 aromatic rings. The number of nitrogens with zero attached hydrogens (tertiary/aromatic N) is 2. The van der Waals surface area contributed by atoms with Crippen molar-refractivity contribution in [2.75, 3.05) is 0 Å². The van der Waals surface area contributed by atoms with Crippen LogP contribution in [0.1, 0.15) is 0 Å². The van der Waals surface area contributed by atoms with Crippen LogP contribution in [-0.2, 0) is 4.57 Å². The van der Waals surface area contributed by atoms with Crippen molar-refractivity contribution in [2.24, 2.45) is 0 Å². The summed E-state index contributed by atoms with van der Waals surface area (Å²) in [5, 5.41) is 0. The average molecular weight is 188 g/mol. The summed E-state index contributed by atoms with van der Waals surface area (Å²) in [6, 6.07) is 0. The first-order valence-electron chi connectivity index (χ1n) is 2.99. The molecule has 62 valence electrons. The fraction of sp³-hybridized carbons (Fsp3) is 0. The van der Waals surface area contributed by atoms with E-state index < -0.39 is 13.5 Å². The van der Waals surface area contributed by atoms with Crippen molar-refractivity contribution >= 4 is 7.82 Å². The monoisotopic (exact) mass is 188 g/mol. The second kappa shape index (κ2) is 1.49. The van der Waals surface area contributed by atoms with E-state index >= 15 is 0 Å². The van der Waals surface area contributed by atoms with E-state index in [0.717, 1.165) is 4.73 Å². The van der Waals surface area contributed by atoms with Gasteiger partial charge in [-0.15, -0.1) is 4.73 Å². The molecule has 3 rings (SSSR count). The molecule has 0 spiro atoms. The maximum Gasteiger partial charge on any atom is 0.668 e. The van der Waals surface area contributed by atoms with Gasteiger partial charge in [0.1, 0.15) is 0 Å². The normalized spacial score (nSPS) is 27.7. The molecule has 3 heterocycles. The predicted molar refractivity (Wildman–Crippen MR) is 33.9 cm³/mol. The SMILES string of the molecule is O=c1nc2c3cn1OP(=O)(O3)O2. The number of rotatable bonds is 0. The number of hydrogen-bond acceptors (Lipinski definition) is 6. The van der Waals surface area contributed by atoms with Crippen LogP contribution in [0.3, 0.4) is 0 Å². The van der Waals surface area contributed by atoms with Crippen LogP contribution in [0.4, 0.5) is 0 Å². The van der Waals surface area contributed by atoms with Crippen LogP contribution < -0.4 is 19.4 Å². The third-order valence-electron chi connectivity index (χ3n) is 1.43. The van der Waals surface area contributed by atoms with Gasteiger partial charge in [-0.25, -0.2) is 4.79 Å². The van der Waals surface area contributed by atoms with Gasteiger partial charge in [-0.2, -0.15) is 9.55 Å². The van der Waals surface area contributed by atoms with Gasteiger partial charge in [-0.05, 0) is 0 Å². The Hall–Kier alpha value is -1.49. The summed E-state index contributed by atoms with van der Waals surface area (Å²) < 4.78 is 26.0. The highest BCUT2D eigenvalue weighted by Gasteiger charge is 2.47. The average Bonchev–Trinajstić information content (AvgIpc) is 2.14. The van der Waals surface area contributed by atoms with Crippen LogP contribution in [0.5, 0.6) is 11.6 Å². The standard InChI is InChI=1S/C4HN2O5P/c7-4-5-3-2-1-6(4)11-12(8,9-2)10-3/h1H. The third-order valence-corrected chi connectivity index (χ3v) is 2.62. The second-order valence-corrected chi connectivity index (χ2v) is 3.65. The topological polar surface area (TPSA) is 79.7 Å². The van der Waals surface area contributed by atoms with Crippen LogP contribution in [0.15, 0.2) is 11.0 Å². The molecule has 2 aliphatic rings. The van der Waals surface area contributed by atoms with E-state index in [-0.39, 0.29) is 11.6 Å². The molecule has 7 nitrogen and oxygen atoms in total. The first-order valence-corrected chi connectivity index (χ1v) is 4.45. The third kappa shape index (κ3) is 0.551. The van der Waals surface area contributed by atoms with Gasteiger partial charge in [0.25, 0.3) is 5.88 Å². The van der Waals surface area contributed by atoms with Gasteiger partial charge in [-0.3, -0.25) is 4.62 Å². The molecule has 1 unspecified atom stereocenters. The van der Waals surface area contributed by atoms with Crippen molar-refractivity contribution in [1.82, 2.24) is 9.71 Å². The minimum Gasteiger partial charge on any atom is -0.377 e. The Kier molecular flexibility index (Phi) is 0.753. The number of aromatic nitrogens is 2. The van der Waals surface area contributed by atoms with E-state index in [9.17, 15) is 9.36 Å². The first kappa shape index (κ1) is 6.07. The van der Waals surface area contributed by atoms with Gasteiger partial charge >= 0.3 is 13.5 Å². The molecule has 0 radical (unpaired) electrons. The molecule has 0 saturated carbocycles. The van der Waals surface area contributed by atoms with E-state index in [1.807, 2.05) is 0 Å². The minimum absolute atomic E-state index is 0.0721. The van der Waals surface area contributed by atoms with Crippen LogP contribution >= 0.6 is 7.82 Å².